The fourth-order valence-corrected chi connectivity index (χ4v) is 2.66. The maximum absolute atomic E-state index is 4.00. The largest absolute Gasteiger partial charge is 0.312 e. The van der Waals surface area contributed by atoms with Crippen molar-refractivity contribution in [3.8, 4) is 0 Å². The van der Waals surface area contributed by atoms with Crippen LogP contribution in [0.15, 0.2) is 35.1 Å². The Balaban J connectivity index is 1.67. The zero-order valence-electron chi connectivity index (χ0n) is 10.2. The summed E-state index contributed by atoms with van der Waals surface area (Å²) in [6.45, 7) is 0. The number of rotatable bonds is 6. The molecule has 0 unspecified atom stereocenters. The van der Waals surface area contributed by atoms with Crippen molar-refractivity contribution >= 4 is 23.5 Å². The number of thioether (sulfide) groups is 2. The van der Waals surface area contributed by atoms with E-state index in [2.05, 4.69) is 32.5 Å². The first-order valence-corrected chi connectivity index (χ1v) is 7.33. The van der Waals surface area contributed by atoms with Gasteiger partial charge in [-0.1, -0.05) is 35.7 Å². The number of hydrogen-bond acceptors (Lipinski definition) is 6. The summed E-state index contributed by atoms with van der Waals surface area (Å²) >= 11 is 3.33. The second-order valence-corrected chi connectivity index (χ2v) is 5.52. The third-order valence-electron chi connectivity index (χ3n) is 2.12. The zero-order chi connectivity index (χ0) is 12.8. The molecule has 2 heterocycles. The van der Waals surface area contributed by atoms with Crippen LogP contribution >= 0.6 is 23.5 Å². The monoisotopic (exact) mass is 282 g/mol. The fourth-order valence-electron chi connectivity index (χ4n) is 1.19. The summed E-state index contributed by atoms with van der Waals surface area (Å²) in [5, 5.41) is 17.5. The lowest BCUT2D eigenvalue weighted by Gasteiger charge is -1.97. The molecule has 8 heteroatoms. The van der Waals surface area contributed by atoms with Crippen molar-refractivity contribution in [2.24, 2.45) is 14.1 Å². The number of nitrogens with zero attached hydrogens (tertiary/aromatic N) is 6. The Kier molecular flexibility index (Phi) is 4.82. The Labute approximate surface area is 114 Å². The molecule has 2 rings (SSSR count). The molecule has 0 radical (unpaired) electrons. The van der Waals surface area contributed by atoms with Gasteiger partial charge in [-0.3, -0.25) is 0 Å². The molecule has 0 N–H and O–H groups in total. The maximum Gasteiger partial charge on any atom is 0.191 e. The van der Waals surface area contributed by atoms with Gasteiger partial charge >= 0.3 is 0 Å². The average Bonchev–Trinajstić information content (AvgIpc) is 2.94. The zero-order valence-corrected chi connectivity index (χ0v) is 11.9. The van der Waals surface area contributed by atoms with Gasteiger partial charge in [0.05, 0.1) is 0 Å². The van der Waals surface area contributed by atoms with Crippen molar-refractivity contribution in [1.82, 2.24) is 29.5 Å². The summed E-state index contributed by atoms with van der Waals surface area (Å²) in [7, 11) is 3.88. The Morgan fingerprint density at radius 2 is 1.39 bits per heavy atom. The van der Waals surface area contributed by atoms with Gasteiger partial charge in [0.1, 0.15) is 12.7 Å². The van der Waals surface area contributed by atoms with Gasteiger partial charge in [-0.2, -0.15) is 0 Å². The highest BCUT2D eigenvalue weighted by atomic mass is 32.2. The minimum Gasteiger partial charge on any atom is -0.312 e. The van der Waals surface area contributed by atoms with Gasteiger partial charge in [-0.15, -0.1) is 20.4 Å². The van der Waals surface area contributed by atoms with Gasteiger partial charge in [0.25, 0.3) is 0 Å². The van der Waals surface area contributed by atoms with Crippen LogP contribution in [0, 0.1) is 0 Å². The molecule has 18 heavy (non-hydrogen) atoms. The summed E-state index contributed by atoms with van der Waals surface area (Å²) in [6.07, 6.45) is 7.66. The molecule has 0 saturated carbocycles. The van der Waals surface area contributed by atoms with E-state index in [0.717, 1.165) is 21.8 Å². The third-order valence-corrected chi connectivity index (χ3v) is 4.10. The van der Waals surface area contributed by atoms with Crippen molar-refractivity contribution in [2.45, 2.75) is 10.3 Å². The first kappa shape index (κ1) is 13.2. The van der Waals surface area contributed by atoms with E-state index in [1.54, 1.807) is 36.2 Å². The minimum absolute atomic E-state index is 0.895. The predicted molar refractivity (Wildman–Crippen MR) is 72.6 cm³/mol. The lowest BCUT2D eigenvalue weighted by atomic mass is 10.6. The Bertz CT molecular complexity index is 472. The Morgan fingerprint density at radius 1 is 0.944 bits per heavy atom. The van der Waals surface area contributed by atoms with Crippen LogP contribution in [0.3, 0.4) is 0 Å². The molecule has 0 aliphatic carbocycles. The molecule has 0 aromatic carbocycles. The molecule has 2 aromatic rings. The van der Waals surface area contributed by atoms with Crippen molar-refractivity contribution < 1.29 is 0 Å². The van der Waals surface area contributed by atoms with Crippen LogP contribution < -0.4 is 0 Å². The second kappa shape index (κ2) is 6.60. The van der Waals surface area contributed by atoms with E-state index in [1.165, 1.54) is 0 Å². The SMILES string of the molecule is Cn1cnnc1SCC=CCSc1nncn1C. The molecule has 0 aliphatic heterocycles. The average molecular weight is 282 g/mol. The summed E-state index contributed by atoms with van der Waals surface area (Å²) < 4.78 is 3.82. The van der Waals surface area contributed by atoms with Crippen molar-refractivity contribution in [3.05, 3.63) is 24.8 Å². The molecule has 0 bridgehead atoms. The van der Waals surface area contributed by atoms with Crippen molar-refractivity contribution in [1.29, 1.82) is 0 Å². The number of aromatic nitrogens is 6. The summed E-state index contributed by atoms with van der Waals surface area (Å²) in [5.41, 5.74) is 0. The summed E-state index contributed by atoms with van der Waals surface area (Å²) in [6, 6.07) is 0. The van der Waals surface area contributed by atoms with Crippen LogP contribution in [0.25, 0.3) is 0 Å². The van der Waals surface area contributed by atoms with Crippen LogP contribution in [0.4, 0.5) is 0 Å². The molecule has 0 amide bonds. The van der Waals surface area contributed by atoms with E-state index in [9.17, 15) is 0 Å². The molecular formula is C10H14N6S2. The first-order valence-electron chi connectivity index (χ1n) is 5.36. The molecule has 2 aromatic heterocycles. The molecular weight excluding hydrogens is 268 g/mol. The van der Waals surface area contributed by atoms with E-state index < -0.39 is 0 Å². The predicted octanol–water partition coefficient (Wildman–Crippen LogP) is 1.38. The van der Waals surface area contributed by atoms with Gasteiger partial charge in [-0.05, 0) is 0 Å². The fraction of sp³-hybridized carbons (Fsp3) is 0.400. The van der Waals surface area contributed by atoms with Gasteiger partial charge < -0.3 is 9.13 Å². The van der Waals surface area contributed by atoms with Crippen molar-refractivity contribution in [2.75, 3.05) is 11.5 Å². The molecule has 0 fully saturated rings. The van der Waals surface area contributed by atoms with E-state index >= 15 is 0 Å². The normalized spacial score (nSPS) is 11.4. The van der Waals surface area contributed by atoms with Gasteiger partial charge in [0.2, 0.25) is 0 Å². The maximum atomic E-state index is 4.00. The van der Waals surface area contributed by atoms with Gasteiger partial charge in [0.15, 0.2) is 10.3 Å². The summed E-state index contributed by atoms with van der Waals surface area (Å²) in [4.78, 5) is 0. The minimum atomic E-state index is 0.895. The number of aryl methyl sites for hydroxylation is 2. The van der Waals surface area contributed by atoms with Crippen LogP contribution in [-0.4, -0.2) is 41.0 Å². The molecule has 96 valence electrons. The molecule has 6 nitrogen and oxygen atoms in total. The van der Waals surface area contributed by atoms with Crippen molar-refractivity contribution in [3.63, 3.8) is 0 Å². The molecule has 0 saturated heterocycles. The Hall–Kier alpha value is -1.28. The molecule has 0 spiro atoms. The second-order valence-electron chi connectivity index (χ2n) is 3.54. The van der Waals surface area contributed by atoms with Crippen LogP contribution in [0.1, 0.15) is 0 Å². The van der Waals surface area contributed by atoms with Crippen LogP contribution in [0.5, 0.6) is 0 Å². The van der Waals surface area contributed by atoms with Gasteiger partial charge in [0, 0.05) is 25.6 Å². The lowest BCUT2D eigenvalue weighted by Crippen LogP contribution is -1.89. The van der Waals surface area contributed by atoms with E-state index in [0.29, 0.717) is 0 Å². The van der Waals surface area contributed by atoms with Gasteiger partial charge in [-0.25, -0.2) is 0 Å². The first-order chi connectivity index (χ1) is 8.77. The van der Waals surface area contributed by atoms with Crippen LogP contribution in [-0.2, 0) is 14.1 Å². The summed E-state index contributed by atoms with van der Waals surface area (Å²) in [5.74, 6) is 1.79. The highest BCUT2D eigenvalue weighted by Gasteiger charge is 1.99. The third kappa shape index (κ3) is 3.61. The molecule has 0 atom stereocenters. The topological polar surface area (TPSA) is 61.4 Å². The number of hydrogen-bond donors (Lipinski definition) is 0. The van der Waals surface area contributed by atoms with E-state index in [4.69, 9.17) is 0 Å². The van der Waals surface area contributed by atoms with Crippen LogP contribution in [0.2, 0.25) is 0 Å². The quantitative estimate of drug-likeness (QED) is 0.589. The Morgan fingerprint density at radius 3 is 1.72 bits per heavy atom. The highest BCUT2D eigenvalue weighted by Crippen LogP contribution is 2.15. The standard InChI is InChI=1S/C10H14N6S2/c1-15-7-11-13-9(15)17-5-3-4-6-18-10-14-12-8-16(10)2/h3-4,7-8H,5-6H2,1-2H3. The molecule has 0 aliphatic rings. The lowest BCUT2D eigenvalue weighted by molar-refractivity contribution is 0.789. The highest BCUT2D eigenvalue weighted by molar-refractivity contribution is 7.99. The smallest absolute Gasteiger partial charge is 0.191 e. The van der Waals surface area contributed by atoms with E-state index in [1.807, 2.05) is 23.2 Å². The van der Waals surface area contributed by atoms with E-state index in [-0.39, 0.29) is 0 Å².